The lowest BCUT2D eigenvalue weighted by atomic mass is 9.85. The van der Waals surface area contributed by atoms with Gasteiger partial charge in [-0.05, 0) is 70.0 Å². The summed E-state index contributed by atoms with van der Waals surface area (Å²) in [6, 6.07) is 6.40. The normalized spacial score (nSPS) is 23.4. The molecule has 1 saturated carbocycles. The van der Waals surface area contributed by atoms with E-state index in [1.165, 1.54) is 5.56 Å². The Labute approximate surface area is 144 Å². The van der Waals surface area contributed by atoms with E-state index in [1.807, 2.05) is 31.1 Å². The van der Waals surface area contributed by atoms with E-state index in [0.29, 0.717) is 6.61 Å². The fourth-order valence-electron chi connectivity index (χ4n) is 3.63. The van der Waals surface area contributed by atoms with Gasteiger partial charge in [0.1, 0.15) is 12.4 Å². The van der Waals surface area contributed by atoms with Gasteiger partial charge in [0.2, 0.25) is 5.91 Å². The van der Waals surface area contributed by atoms with Crippen LogP contribution in [0.25, 0.3) is 0 Å². The summed E-state index contributed by atoms with van der Waals surface area (Å²) < 4.78 is 5.81. The first-order valence-corrected chi connectivity index (χ1v) is 9.02. The van der Waals surface area contributed by atoms with E-state index in [0.717, 1.165) is 56.6 Å². The first-order valence-electron chi connectivity index (χ1n) is 9.02. The van der Waals surface area contributed by atoms with E-state index in [4.69, 9.17) is 10.5 Å². The third-order valence-electron chi connectivity index (χ3n) is 5.14. The number of likely N-dealkylation sites (N-methyl/N-ethyl adjacent to an activating group) is 1. The summed E-state index contributed by atoms with van der Waals surface area (Å²) in [6.07, 6.45) is 4.71. The number of anilines is 1. The molecule has 3 rings (SSSR count). The number of fused-ring (bicyclic) bond motifs is 1. The number of rotatable bonds is 5. The van der Waals surface area contributed by atoms with Crippen LogP contribution in [0.1, 0.15) is 31.2 Å². The van der Waals surface area contributed by atoms with Gasteiger partial charge < -0.3 is 20.3 Å². The number of benzene rings is 1. The number of amides is 1. The minimum Gasteiger partial charge on any atom is -0.492 e. The van der Waals surface area contributed by atoms with Crippen LogP contribution < -0.4 is 15.4 Å². The second-order valence-corrected chi connectivity index (χ2v) is 7.29. The van der Waals surface area contributed by atoms with Crippen LogP contribution in [0.4, 0.5) is 5.69 Å². The fraction of sp³-hybridized carbons (Fsp3) is 0.632. The van der Waals surface area contributed by atoms with Crippen molar-refractivity contribution in [2.45, 2.75) is 38.1 Å². The van der Waals surface area contributed by atoms with Gasteiger partial charge in [0.15, 0.2) is 0 Å². The number of nitrogens with zero attached hydrogens (tertiary/aromatic N) is 2. The Morgan fingerprint density at radius 1 is 1.29 bits per heavy atom. The molecule has 0 aromatic heterocycles. The van der Waals surface area contributed by atoms with Crippen molar-refractivity contribution in [2.24, 2.45) is 11.7 Å². The Bertz CT molecular complexity index is 580. The molecule has 5 heteroatoms. The van der Waals surface area contributed by atoms with E-state index in [-0.39, 0.29) is 17.9 Å². The Morgan fingerprint density at radius 3 is 2.75 bits per heavy atom. The molecule has 1 aromatic carbocycles. The van der Waals surface area contributed by atoms with Crippen LogP contribution in [-0.2, 0) is 11.2 Å². The molecule has 2 aliphatic rings. The Morgan fingerprint density at radius 2 is 2.04 bits per heavy atom. The van der Waals surface area contributed by atoms with Gasteiger partial charge in [0, 0.05) is 30.7 Å². The summed E-state index contributed by atoms with van der Waals surface area (Å²) >= 11 is 0. The number of ether oxygens (including phenoxy) is 1. The van der Waals surface area contributed by atoms with E-state index < -0.39 is 0 Å². The van der Waals surface area contributed by atoms with Gasteiger partial charge in [-0.15, -0.1) is 0 Å². The van der Waals surface area contributed by atoms with Gasteiger partial charge in [-0.25, -0.2) is 0 Å². The largest absolute Gasteiger partial charge is 0.492 e. The van der Waals surface area contributed by atoms with E-state index in [1.54, 1.807) is 0 Å². The van der Waals surface area contributed by atoms with Gasteiger partial charge >= 0.3 is 0 Å². The van der Waals surface area contributed by atoms with Crippen molar-refractivity contribution in [3.8, 4) is 5.75 Å². The van der Waals surface area contributed by atoms with Gasteiger partial charge in [0.25, 0.3) is 0 Å². The van der Waals surface area contributed by atoms with Crippen LogP contribution in [0.5, 0.6) is 5.75 Å². The summed E-state index contributed by atoms with van der Waals surface area (Å²) in [5.74, 6) is 1.32. The summed E-state index contributed by atoms with van der Waals surface area (Å²) in [6.45, 7) is 2.36. The summed E-state index contributed by atoms with van der Waals surface area (Å²) in [5.41, 5.74) is 8.25. The number of nitrogens with two attached hydrogens (primary N) is 1. The highest BCUT2D eigenvalue weighted by Crippen LogP contribution is 2.34. The van der Waals surface area contributed by atoms with Crippen LogP contribution in [-0.4, -0.2) is 50.6 Å². The molecule has 132 valence electrons. The van der Waals surface area contributed by atoms with Gasteiger partial charge in [0.05, 0.1) is 0 Å². The molecule has 1 fully saturated rings. The second kappa shape index (κ2) is 7.53. The molecular weight excluding hydrogens is 302 g/mol. The van der Waals surface area contributed by atoms with Crippen LogP contribution in [0.3, 0.4) is 0 Å². The average Bonchev–Trinajstić information content (AvgIpc) is 2.98. The molecular formula is C19H29N3O2. The predicted molar refractivity (Wildman–Crippen MR) is 96.5 cm³/mol. The van der Waals surface area contributed by atoms with E-state index in [9.17, 15) is 4.79 Å². The molecule has 1 amide bonds. The average molecular weight is 331 g/mol. The second-order valence-electron chi connectivity index (χ2n) is 7.29. The molecule has 1 aliphatic carbocycles. The van der Waals surface area contributed by atoms with Crippen molar-refractivity contribution in [1.29, 1.82) is 0 Å². The third kappa shape index (κ3) is 3.90. The quantitative estimate of drug-likeness (QED) is 0.897. The lowest BCUT2D eigenvalue weighted by Crippen LogP contribution is -2.38. The molecule has 0 saturated heterocycles. The highest BCUT2D eigenvalue weighted by Gasteiger charge is 2.32. The number of carbonyl (C=O) groups excluding carboxylic acids is 1. The molecule has 0 unspecified atom stereocenters. The van der Waals surface area contributed by atoms with Crippen molar-refractivity contribution in [1.82, 2.24) is 4.90 Å². The summed E-state index contributed by atoms with van der Waals surface area (Å²) in [4.78, 5) is 16.9. The topological polar surface area (TPSA) is 58.8 Å². The predicted octanol–water partition coefficient (Wildman–Crippen LogP) is 2.03. The van der Waals surface area contributed by atoms with Crippen molar-refractivity contribution in [3.63, 3.8) is 0 Å². The van der Waals surface area contributed by atoms with Crippen LogP contribution in [0.2, 0.25) is 0 Å². The zero-order valence-electron chi connectivity index (χ0n) is 14.8. The van der Waals surface area contributed by atoms with Crippen LogP contribution in [0.15, 0.2) is 18.2 Å². The third-order valence-corrected chi connectivity index (χ3v) is 5.14. The zero-order valence-corrected chi connectivity index (χ0v) is 14.8. The zero-order chi connectivity index (χ0) is 17.1. The molecule has 1 heterocycles. The molecule has 24 heavy (non-hydrogen) atoms. The standard InChI is InChI=1S/C19H29N3O2/c1-21(2)11-12-24-17-7-8-18-15(13-17)9-10-22(18)19(23)14-3-5-16(20)6-4-14/h7-8,13-14,16H,3-6,9-12,20H2,1-2H3. The maximum Gasteiger partial charge on any atom is 0.230 e. The van der Waals surface area contributed by atoms with Crippen LogP contribution >= 0.6 is 0 Å². The molecule has 1 aliphatic heterocycles. The van der Waals surface area contributed by atoms with Crippen molar-refractivity contribution in [3.05, 3.63) is 23.8 Å². The first kappa shape index (κ1) is 17.2. The van der Waals surface area contributed by atoms with E-state index >= 15 is 0 Å². The maximum atomic E-state index is 12.9. The smallest absolute Gasteiger partial charge is 0.230 e. The van der Waals surface area contributed by atoms with Crippen molar-refractivity contribution < 1.29 is 9.53 Å². The summed E-state index contributed by atoms with van der Waals surface area (Å²) in [5, 5.41) is 0. The lowest BCUT2D eigenvalue weighted by Gasteiger charge is -2.29. The Hall–Kier alpha value is -1.59. The fourth-order valence-corrected chi connectivity index (χ4v) is 3.63. The Kier molecular flexibility index (Phi) is 5.41. The molecule has 5 nitrogen and oxygen atoms in total. The molecule has 1 aromatic rings. The number of hydrogen-bond donors (Lipinski definition) is 1. The van der Waals surface area contributed by atoms with Gasteiger partial charge in [-0.3, -0.25) is 4.79 Å². The van der Waals surface area contributed by atoms with Gasteiger partial charge in [-0.1, -0.05) is 0 Å². The molecule has 0 atom stereocenters. The highest BCUT2D eigenvalue weighted by atomic mass is 16.5. The Balaban J connectivity index is 1.63. The minimum atomic E-state index is 0.145. The summed E-state index contributed by atoms with van der Waals surface area (Å²) in [7, 11) is 4.07. The van der Waals surface area contributed by atoms with Crippen LogP contribution in [0, 0.1) is 5.92 Å². The maximum absolute atomic E-state index is 12.9. The SMILES string of the molecule is CN(C)CCOc1ccc2c(c1)CCN2C(=O)C1CCC(N)CC1. The molecule has 0 bridgehead atoms. The van der Waals surface area contributed by atoms with Gasteiger partial charge in [-0.2, -0.15) is 0 Å². The monoisotopic (exact) mass is 331 g/mol. The molecule has 2 N–H and O–H groups in total. The highest BCUT2D eigenvalue weighted by molar-refractivity contribution is 5.97. The van der Waals surface area contributed by atoms with Crippen molar-refractivity contribution in [2.75, 3.05) is 38.7 Å². The molecule has 0 radical (unpaired) electrons. The number of carbonyl (C=O) groups is 1. The lowest BCUT2D eigenvalue weighted by molar-refractivity contribution is -0.123. The molecule has 0 spiro atoms. The number of hydrogen-bond acceptors (Lipinski definition) is 4. The first-order chi connectivity index (χ1) is 11.5. The minimum absolute atomic E-state index is 0.145. The van der Waals surface area contributed by atoms with Crippen molar-refractivity contribution >= 4 is 11.6 Å². The van der Waals surface area contributed by atoms with E-state index in [2.05, 4.69) is 11.0 Å².